The van der Waals surface area contributed by atoms with Crippen LogP contribution >= 0.6 is 27.3 Å². The summed E-state index contributed by atoms with van der Waals surface area (Å²) in [6, 6.07) is 11.2. The number of aryl methyl sites for hydroxylation is 1. The van der Waals surface area contributed by atoms with E-state index < -0.39 is 0 Å². The molecule has 0 saturated carbocycles. The highest BCUT2D eigenvalue weighted by Crippen LogP contribution is 2.28. The van der Waals surface area contributed by atoms with Crippen molar-refractivity contribution in [2.75, 3.05) is 6.54 Å². The van der Waals surface area contributed by atoms with E-state index >= 15 is 0 Å². The molecular formula is C14H16BrNS. The third-order valence-corrected chi connectivity index (χ3v) is 4.03. The second-order valence-corrected chi connectivity index (χ2v) is 5.96. The van der Waals surface area contributed by atoms with Crippen LogP contribution in [0.1, 0.15) is 29.0 Å². The fourth-order valence-electron chi connectivity index (χ4n) is 1.97. The maximum Gasteiger partial charge on any atom is 0.0671 e. The molecule has 90 valence electrons. The van der Waals surface area contributed by atoms with Gasteiger partial charge in [-0.25, -0.2) is 0 Å². The van der Waals surface area contributed by atoms with E-state index in [1.54, 1.807) is 11.3 Å². The lowest BCUT2D eigenvalue weighted by Crippen LogP contribution is -2.21. The van der Waals surface area contributed by atoms with Crippen molar-refractivity contribution in [3.63, 3.8) is 0 Å². The molecule has 1 aromatic heterocycles. The first-order chi connectivity index (χ1) is 8.20. The van der Waals surface area contributed by atoms with Gasteiger partial charge < -0.3 is 5.32 Å². The molecule has 0 aliphatic rings. The highest BCUT2D eigenvalue weighted by molar-refractivity contribution is 9.10. The maximum absolute atomic E-state index is 3.57. The molecule has 0 saturated heterocycles. The van der Waals surface area contributed by atoms with Crippen LogP contribution < -0.4 is 5.32 Å². The third-order valence-electron chi connectivity index (χ3n) is 2.63. The van der Waals surface area contributed by atoms with Crippen molar-refractivity contribution in [2.45, 2.75) is 19.9 Å². The molecule has 1 N–H and O–H groups in total. The Balaban J connectivity index is 2.38. The van der Waals surface area contributed by atoms with Crippen LogP contribution in [0.15, 0.2) is 40.2 Å². The second kappa shape index (κ2) is 5.80. The van der Waals surface area contributed by atoms with Gasteiger partial charge in [-0.3, -0.25) is 0 Å². The van der Waals surface area contributed by atoms with Gasteiger partial charge in [0.2, 0.25) is 0 Å². The zero-order chi connectivity index (χ0) is 12.3. The van der Waals surface area contributed by atoms with Gasteiger partial charge in [0, 0.05) is 9.35 Å². The maximum atomic E-state index is 3.57. The molecule has 1 nitrogen and oxygen atoms in total. The molecule has 0 aliphatic heterocycles. The summed E-state index contributed by atoms with van der Waals surface area (Å²) in [6.45, 7) is 5.24. The van der Waals surface area contributed by atoms with Gasteiger partial charge in [-0.1, -0.05) is 35.0 Å². The van der Waals surface area contributed by atoms with Crippen molar-refractivity contribution in [1.29, 1.82) is 0 Å². The first-order valence-electron chi connectivity index (χ1n) is 5.74. The van der Waals surface area contributed by atoms with Crippen LogP contribution in [-0.4, -0.2) is 6.54 Å². The lowest BCUT2D eigenvalue weighted by Gasteiger charge is -2.18. The van der Waals surface area contributed by atoms with Gasteiger partial charge in [-0.2, -0.15) is 0 Å². The Morgan fingerprint density at radius 1 is 1.35 bits per heavy atom. The molecule has 3 heteroatoms. The topological polar surface area (TPSA) is 12.0 Å². The highest BCUT2D eigenvalue weighted by atomic mass is 79.9. The van der Waals surface area contributed by atoms with Crippen LogP contribution in [0.2, 0.25) is 0 Å². The quantitative estimate of drug-likeness (QED) is 0.875. The first-order valence-corrected chi connectivity index (χ1v) is 7.42. The van der Waals surface area contributed by atoms with E-state index in [-0.39, 0.29) is 0 Å². The van der Waals surface area contributed by atoms with Crippen LogP contribution in [0.5, 0.6) is 0 Å². The Labute approximate surface area is 115 Å². The van der Waals surface area contributed by atoms with E-state index in [2.05, 4.69) is 70.8 Å². The molecular weight excluding hydrogens is 294 g/mol. The summed E-state index contributed by atoms with van der Waals surface area (Å²) < 4.78 is 1.15. The fourth-order valence-corrected chi connectivity index (χ4v) is 3.43. The summed E-state index contributed by atoms with van der Waals surface area (Å²) >= 11 is 5.37. The third kappa shape index (κ3) is 3.18. The largest absolute Gasteiger partial charge is 0.306 e. The average Bonchev–Trinajstić information content (AvgIpc) is 2.77. The molecule has 0 bridgehead atoms. The molecule has 1 atom stereocenters. The molecule has 1 aromatic carbocycles. The summed E-state index contributed by atoms with van der Waals surface area (Å²) in [7, 11) is 0. The smallest absolute Gasteiger partial charge is 0.0671 e. The number of benzene rings is 1. The Kier molecular flexibility index (Phi) is 4.37. The van der Waals surface area contributed by atoms with Gasteiger partial charge in [0.15, 0.2) is 0 Å². The summed E-state index contributed by atoms with van der Waals surface area (Å²) in [5, 5.41) is 5.67. The predicted molar refractivity (Wildman–Crippen MR) is 78.7 cm³/mol. The second-order valence-electron chi connectivity index (χ2n) is 4.07. The van der Waals surface area contributed by atoms with Gasteiger partial charge in [0.1, 0.15) is 0 Å². The molecule has 0 amide bonds. The molecule has 1 heterocycles. The number of halogens is 1. The summed E-state index contributed by atoms with van der Waals surface area (Å²) in [6.07, 6.45) is 0. The minimum Gasteiger partial charge on any atom is -0.306 e. The fraction of sp³-hybridized carbons (Fsp3) is 0.286. The first kappa shape index (κ1) is 12.8. The minimum absolute atomic E-state index is 0.302. The summed E-state index contributed by atoms with van der Waals surface area (Å²) in [5.74, 6) is 0. The van der Waals surface area contributed by atoms with E-state index in [9.17, 15) is 0 Å². The number of nitrogens with one attached hydrogen (secondary N) is 1. The van der Waals surface area contributed by atoms with Crippen molar-refractivity contribution in [3.8, 4) is 0 Å². The molecule has 1 unspecified atom stereocenters. The number of hydrogen-bond acceptors (Lipinski definition) is 2. The number of rotatable bonds is 4. The highest BCUT2D eigenvalue weighted by Gasteiger charge is 2.14. The van der Waals surface area contributed by atoms with Crippen LogP contribution in [0, 0.1) is 6.92 Å². The van der Waals surface area contributed by atoms with Gasteiger partial charge >= 0.3 is 0 Å². The molecule has 0 fully saturated rings. The Morgan fingerprint density at radius 2 is 2.18 bits per heavy atom. The van der Waals surface area contributed by atoms with E-state index in [0.717, 1.165) is 11.0 Å². The molecule has 2 rings (SSSR count). The zero-order valence-electron chi connectivity index (χ0n) is 10.0. The lowest BCUT2D eigenvalue weighted by molar-refractivity contribution is 0.639. The predicted octanol–water partition coefficient (Wildman–Crippen LogP) is 4.52. The van der Waals surface area contributed by atoms with E-state index in [1.807, 2.05) is 0 Å². The van der Waals surface area contributed by atoms with E-state index in [4.69, 9.17) is 0 Å². The standard InChI is InChI=1S/C14H16BrNS/c1-3-16-14(13-5-4-6-17-13)11-7-10(2)8-12(15)9-11/h4-9,14,16H,3H2,1-2H3. The Bertz CT molecular complexity index is 459. The van der Waals surface area contributed by atoms with Gasteiger partial charge in [0.25, 0.3) is 0 Å². The Morgan fingerprint density at radius 3 is 2.76 bits per heavy atom. The minimum atomic E-state index is 0.302. The molecule has 0 radical (unpaired) electrons. The van der Waals surface area contributed by atoms with Crippen LogP contribution in [0.3, 0.4) is 0 Å². The average molecular weight is 310 g/mol. The molecule has 2 aromatic rings. The Hall–Kier alpha value is -0.640. The van der Waals surface area contributed by atoms with Crippen LogP contribution in [-0.2, 0) is 0 Å². The van der Waals surface area contributed by atoms with E-state index in [1.165, 1.54) is 16.0 Å². The molecule has 0 spiro atoms. The van der Waals surface area contributed by atoms with Crippen molar-refractivity contribution in [2.24, 2.45) is 0 Å². The zero-order valence-corrected chi connectivity index (χ0v) is 12.4. The van der Waals surface area contributed by atoms with Crippen LogP contribution in [0.4, 0.5) is 0 Å². The van der Waals surface area contributed by atoms with Crippen molar-refractivity contribution >= 4 is 27.3 Å². The summed E-state index contributed by atoms with van der Waals surface area (Å²) in [5.41, 5.74) is 2.61. The van der Waals surface area contributed by atoms with Gasteiger partial charge in [0.05, 0.1) is 6.04 Å². The molecule has 17 heavy (non-hydrogen) atoms. The van der Waals surface area contributed by atoms with Crippen molar-refractivity contribution in [3.05, 3.63) is 56.2 Å². The normalized spacial score (nSPS) is 12.6. The SMILES string of the molecule is CCNC(c1cc(C)cc(Br)c1)c1cccs1. The number of thiophene rings is 1. The van der Waals surface area contributed by atoms with Gasteiger partial charge in [-0.15, -0.1) is 11.3 Å². The molecule has 0 aliphatic carbocycles. The van der Waals surface area contributed by atoms with Crippen molar-refractivity contribution < 1.29 is 0 Å². The summed E-state index contributed by atoms with van der Waals surface area (Å²) in [4.78, 5) is 1.37. The number of hydrogen-bond donors (Lipinski definition) is 1. The monoisotopic (exact) mass is 309 g/mol. The van der Waals surface area contributed by atoms with E-state index in [0.29, 0.717) is 6.04 Å². The van der Waals surface area contributed by atoms with Crippen molar-refractivity contribution in [1.82, 2.24) is 5.32 Å². The lowest BCUT2D eigenvalue weighted by atomic mass is 10.0. The van der Waals surface area contributed by atoms with Gasteiger partial charge in [-0.05, 0) is 48.2 Å². The van der Waals surface area contributed by atoms with Crippen LogP contribution in [0.25, 0.3) is 0 Å².